The van der Waals surface area contributed by atoms with Crippen LogP contribution in [0.15, 0.2) is 71.3 Å². The molecule has 0 amide bonds. The first-order valence-corrected chi connectivity index (χ1v) is 9.02. The van der Waals surface area contributed by atoms with E-state index in [9.17, 15) is 9.50 Å². The van der Waals surface area contributed by atoms with Gasteiger partial charge in [0.25, 0.3) is 0 Å². The van der Waals surface area contributed by atoms with Gasteiger partial charge in [0, 0.05) is 18.1 Å². The zero-order chi connectivity index (χ0) is 19.1. The molecule has 2 aromatic carbocycles. The molecule has 0 unspecified atom stereocenters. The van der Waals surface area contributed by atoms with Crippen LogP contribution in [0.1, 0.15) is 11.3 Å². The average Bonchev–Trinajstić information content (AvgIpc) is 3.16. The fraction of sp³-hybridized carbons (Fsp3) is 0.238. The maximum atomic E-state index is 13.1. The Morgan fingerprint density at radius 1 is 1.04 bits per heavy atom. The number of halogens is 2. The van der Waals surface area contributed by atoms with Crippen molar-refractivity contribution in [1.82, 2.24) is 4.90 Å². The summed E-state index contributed by atoms with van der Waals surface area (Å²) in [5, 5.41) is 11.0. The molecule has 3 rings (SSSR count). The Balaban J connectivity index is 1.59. The lowest BCUT2D eigenvalue weighted by Gasteiger charge is -2.24. The molecule has 27 heavy (non-hydrogen) atoms. The summed E-state index contributed by atoms with van der Waals surface area (Å²) >= 11 is 5.85. The van der Waals surface area contributed by atoms with Crippen LogP contribution in [0.3, 0.4) is 0 Å². The molecule has 0 aliphatic heterocycles. The van der Waals surface area contributed by atoms with E-state index in [0.29, 0.717) is 30.4 Å². The second kappa shape index (κ2) is 9.55. The summed E-state index contributed by atoms with van der Waals surface area (Å²) < 4.78 is 24.2. The van der Waals surface area contributed by atoms with Gasteiger partial charge in [0.15, 0.2) is 0 Å². The Kier molecular flexibility index (Phi) is 6.87. The molecule has 0 bridgehead atoms. The van der Waals surface area contributed by atoms with E-state index < -0.39 is 6.10 Å². The highest BCUT2D eigenvalue weighted by Crippen LogP contribution is 2.16. The van der Waals surface area contributed by atoms with Crippen LogP contribution in [0.2, 0.25) is 5.02 Å². The molecule has 0 aliphatic rings. The van der Waals surface area contributed by atoms with Gasteiger partial charge in [0.05, 0.1) is 12.8 Å². The third-order valence-corrected chi connectivity index (χ3v) is 4.26. The number of aliphatic hydroxyl groups excluding tert-OH is 1. The van der Waals surface area contributed by atoms with Gasteiger partial charge in [-0.2, -0.15) is 0 Å². The third-order valence-electron chi connectivity index (χ3n) is 4.00. The van der Waals surface area contributed by atoms with Crippen molar-refractivity contribution in [2.24, 2.45) is 0 Å². The van der Waals surface area contributed by atoms with E-state index in [1.165, 1.54) is 12.1 Å². The van der Waals surface area contributed by atoms with Crippen molar-refractivity contribution < 1.29 is 18.7 Å². The molecule has 0 fully saturated rings. The minimum absolute atomic E-state index is 0.152. The molecule has 1 N–H and O–H groups in total. The highest BCUT2D eigenvalue weighted by atomic mass is 35.5. The summed E-state index contributed by atoms with van der Waals surface area (Å²) in [4.78, 5) is 2.03. The lowest BCUT2D eigenvalue weighted by atomic mass is 10.2. The SMILES string of the molecule is O[C@@H](COc1ccc(Cl)cc1)CN(Cc1ccc(F)cc1)Cc1ccco1. The molecular weight excluding hydrogens is 369 g/mol. The van der Waals surface area contributed by atoms with Crippen LogP contribution in [0.4, 0.5) is 4.39 Å². The number of ether oxygens (including phenoxy) is 1. The standard InChI is InChI=1S/C21H21ClFNO3/c22-17-5-9-20(10-6-17)27-15-19(25)13-24(14-21-2-1-11-26-21)12-16-3-7-18(23)8-4-16/h1-11,19,25H,12-15H2/t19-/m1/s1. The lowest BCUT2D eigenvalue weighted by molar-refractivity contribution is 0.0604. The molecule has 0 spiro atoms. The summed E-state index contributed by atoms with van der Waals surface area (Å²) in [6.45, 7) is 1.62. The highest BCUT2D eigenvalue weighted by Gasteiger charge is 2.15. The van der Waals surface area contributed by atoms with Crippen LogP contribution >= 0.6 is 11.6 Å². The maximum absolute atomic E-state index is 13.1. The third kappa shape index (κ3) is 6.40. The molecular formula is C21H21ClFNO3. The predicted octanol–water partition coefficient (Wildman–Crippen LogP) is 4.51. The van der Waals surface area contributed by atoms with Gasteiger partial charge >= 0.3 is 0 Å². The van der Waals surface area contributed by atoms with Crippen LogP contribution in [0.25, 0.3) is 0 Å². The zero-order valence-corrected chi connectivity index (χ0v) is 15.5. The summed E-state index contributed by atoms with van der Waals surface area (Å²) in [6.07, 6.45) is 0.918. The van der Waals surface area contributed by atoms with Crippen molar-refractivity contribution in [3.05, 3.63) is 89.1 Å². The van der Waals surface area contributed by atoms with Gasteiger partial charge in [0.2, 0.25) is 0 Å². The van der Waals surface area contributed by atoms with E-state index in [2.05, 4.69) is 0 Å². The number of benzene rings is 2. The first-order chi connectivity index (χ1) is 13.1. The van der Waals surface area contributed by atoms with E-state index in [1.807, 2.05) is 17.0 Å². The van der Waals surface area contributed by atoms with Gasteiger partial charge in [-0.25, -0.2) is 4.39 Å². The van der Waals surface area contributed by atoms with Crippen molar-refractivity contribution in [1.29, 1.82) is 0 Å². The topological polar surface area (TPSA) is 45.8 Å². The molecule has 0 saturated heterocycles. The number of nitrogens with zero attached hydrogens (tertiary/aromatic N) is 1. The number of furan rings is 1. The molecule has 1 aromatic heterocycles. The number of hydrogen-bond donors (Lipinski definition) is 1. The first-order valence-electron chi connectivity index (χ1n) is 8.64. The van der Waals surface area contributed by atoms with E-state index in [0.717, 1.165) is 11.3 Å². The summed E-state index contributed by atoms with van der Waals surface area (Å²) in [5.41, 5.74) is 0.953. The monoisotopic (exact) mass is 389 g/mol. The van der Waals surface area contributed by atoms with E-state index in [1.54, 1.807) is 42.7 Å². The molecule has 4 nitrogen and oxygen atoms in total. The van der Waals surface area contributed by atoms with Crippen molar-refractivity contribution in [3.8, 4) is 5.75 Å². The summed E-state index contributed by atoms with van der Waals surface area (Å²) in [7, 11) is 0. The normalized spacial score (nSPS) is 12.3. The summed E-state index contributed by atoms with van der Waals surface area (Å²) in [6, 6.07) is 17.0. The van der Waals surface area contributed by atoms with Gasteiger partial charge in [-0.05, 0) is 54.1 Å². The van der Waals surface area contributed by atoms with Crippen molar-refractivity contribution in [2.75, 3.05) is 13.2 Å². The van der Waals surface area contributed by atoms with Crippen LogP contribution in [0, 0.1) is 5.82 Å². The van der Waals surface area contributed by atoms with Crippen molar-refractivity contribution in [2.45, 2.75) is 19.2 Å². The van der Waals surface area contributed by atoms with Gasteiger partial charge < -0.3 is 14.3 Å². The van der Waals surface area contributed by atoms with E-state index >= 15 is 0 Å². The smallest absolute Gasteiger partial charge is 0.123 e. The Morgan fingerprint density at radius 2 is 1.78 bits per heavy atom. The Morgan fingerprint density at radius 3 is 2.44 bits per heavy atom. The molecule has 0 radical (unpaired) electrons. The van der Waals surface area contributed by atoms with Crippen molar-refractivity contribution in [3.63, 3.8) is 0 Å². The van der Waals surface area contributed by atoms with E-state index in [4.69, 9.17) is 20.8 Å². The Hall–Kier alpha value is -2.34. The highest BCUT2D eigenvalue weighted by molar-refractivity contribution is 6.30. The van der Waals surface area contributed by atoms with Crippen LogP contribution < -0.4 is 4.74 Å². The van der Waals surface area contributed by atoms with Gasteiger partial charge in [-0.1, -0.05) is 23.7 Å². The van der Waals surface area contributed by atoms with Gasteiger partial charge in [-0.3, -0.25) is 4.90 Å². The Bertz CT molecular complexity index is 806. The second-order valence-corrected chi connectivity index (χ2v) is 6.73. The van der Waals surface area contributed by atoms with E-state index in [-0.39, 0.29) is 12.4 Å². The number of rotatable bonds is 9. The minimum Gasteiger partial charge on any atom is -0.491 e. The maximum Gasteiger partial charge on any atom is 0.123 e. The summed E-state index contributed by atoms with van der Waals surface area (Å²) in [5.74, 6) is 1.17. The number of hydrogen-bond acceptors (Lipinski definition) is 4. The van der Waals surface area contributed by atoms with Gasteiger partial charge in [0.1, 0.15) is 30.0 Å². The Labute approximate surface area is 162 Å². The lowest BCUT2D eigenvalue weighted by Crippen LogP contribution is -2.35. The van der Waals surface area contributed by atoms with Crippen LogP contribution in [0.5, 0.6) is 5.75 Å². The zero-order valence-electron chi connectivity index (χ0n) is 14.7. The van der Waals surface area contributed by atoms with Crippen LogP contribution in [-0.2, 0) is 13.1 Å². The molecule has 1 heterocycles. The molecule has 1 atom stereocenters. The average molecular weight is 390 g/mol. The predicted molar refractivity (Wildman–Crippen MR) is 102 cm³/mol. The van der Waals surface area contributed by atoms with Gasteiger partial charge in [-0.15, -0.1) is 0 Å². The molecule has 3 aromatic rings. The molecule has 0 aliphatic carbocycles. The first kappa shape index (κ1) is 19.4. The quantitative estimate of drug-likeness (QED) is 0.584. The number of aliphatic hydroxyl groups is 1. The van der Waals surface area contributed by atoms with Crippen LogP contribution in [-0.4, -0.2) is 29.3 Å². The fourth-order valence-corrected chi connectivity index (χ4v) is 2.86. The fourth-order valence-electron chi connectivity index (χ4n) is 2.73. The van der Waals surface area contributed by atoms with Crippen molar-refractivity contribution >= 4 is 11.6 Å². The molecule has 142 valence electrons. The molecule has 0 saturated carbocycles. The minimum atomic E-state index is -0.698. The second-order valence-electron chi connectivity index (χ2n) is 6.29. The molecule has 6 heteroatoms. The largest absolute Gasteiger partial charge is 0.491 e.